The topological polar surface area (TPSA) is 64.7 Å². The molecule has 0 atom stereocenters. The zero-order valence-corrected chi connectivity index (χ0v) is 16.1. The third-order valence-corrected chi connectivity index (χ3v) is 4.12. The van der Waals surface area contributed by atoms with Crippen molar-refractivity contribution in [1.82, 2.24) is 14.3 Å². The van der Waals surface area contributed by atoms with Crippen LogP contribution in [-0.4, -0.2) is 27.3 Å². The summed E-state index contributed by atoms with van der Waals surface area (Å²) in [5, 5.41) is 2.71. The zero-order valence-electron chi connectivity index (χ0n) is 16.1. The Morgan fingerprint density at radius 2 is 1.93 bits per heavy atom. The van der Waals surface area contributed by atoms with E-state index < -0.39 is 17.7 Å². The van der Waals surface area contributed by atoms with Crippen LogP contribution < -0.4 is 15.6 Å². The number of nitrogens with zero attached hydrogens (tertiary/aromatic N) is 2. The second-order valence-electron chi connectivity index (χ2n) is 7.01. The van der Waals surface area contributed by atoms with Crippen LogP contribution in [0.3, 0.4) is 0 Å². The molecule has 0 spiro atoms. The molecule has 9 heteroatoms. The van der Waals surface area contributed by atoms with Gasteiger partial charge in [0.05, 0.1) is 5.69 Å². The first-order valence-corrected chi connectivity index (χ1v) is 8.91. The van der Waals surface area contributed by atoms with Crippen molar-refractivity contribution in [2.75, 3.05) is 0 Å². The molecule has 3 rings (SSSR count). The van der Waals surface area contributed by atoms with Crippen LogP contribution in [0.5, 0.6) is 5.75 Å². The fourth-order valence-corrected chi connectivity index (χ4v) is 3.10. The van der Waals surface area contributed by atoms with Gasteiger partial charge in [-0.25, -0.2) is 0 Å². The van der Waals surface area contributed by atoms with Crippen molar-refractivity contribution in [3.05, 3.63) is 58.6 Å². The molecule has 2 heterocycles. The molecule has 0 radical (unpaired) electrons. The van der Waals surface area contributed by atoms with Gasteiger partial charge in [-0.15, -0.1) is 13.2 Å². The summed E-state index contributed by atoms with van der Waals surface area (Å²) in [6, 6.07) is 6.86. The molecule has 0 aliphatic rings. The van der Waals surface area contributed by atoms with Crippen molar-refractivity contribution < 1.29 is 22.7 Å². The molecule has 0 aliphatic heterocycles. The quantitative estimate of drug-likeness (QED) is 0.704. The van der Waals surface area contributed by atoms with Crippen molar-refractivity contribution in [2.24, 2.45) is 0 Å². The van der Waals surface area contributed by atoms with Crippen LogP contribution in [0.15, 0.2) is 47.5 Å². The molecule has 1 aromatic carbocycles. The van der Waals surface area contributed by atoms with E-state index in [4.69, 9.17) is 0 Å². The monoisotopic (exact) mass is 407 g/mol. The number of fused-ring (bicyclic) bond motifs is 1. The first-order chi connectivity index (χ1) is 13.5. The minimum atomic E-state index is -4.84. The van der Waals surface area contributed by atoms with Crippen LogP contribution in [0.1, 0.15) is 19.4 Å². The van der Waals surface area contributed by atoms with Gasteiger partial charge < -0.3 is 14.5 Å². The Balaban J connectivity index is 2.15. The molecule has 0 unspecified atom stereocenters. The Morgan fingerprint density at radius 1 is 1.21 bits per heavy atom. The van der Waals surface area contributed by atoms with Crippen LogP contribution in [0.4, 0.5) is 13.2 Å². The molecule has 2 aromatic heterocycles. The maximum atomic E-state index is 13.0. The summed E-state index contributed by atoms with van der Waals surface area (Å²) < 4.78 is 44.6. The molecule has 0 aliphatic carbocycles. The van der Waals surface area contributed by atoms with Crippen LogP contribution in [0, 0.1) is 6.92 Å². The normalized spacial score (nSPS) is 11.8. The van der Waals surface area contributed by atoms with Crippen LogP contribution >= 0.6 is 0 Å². The van der Waals surface area contributed by atoms with E-state index in [0.717, 1.165) is 5.56 Å². The summed E-state index contributed by atoms with van der Waals surface area (Å²) in [5.74, 6) is -0.789. The fourth-order valence-electron chi connectivity index (χ4n) is 3.10. The van der Waals surface area contributed by atoms with Crippen LogP contribution in [-0.2, 0) is 11.3 Å². The van der Waals surface area contributed by atoms with Gasteiger partial charge in [0.15, 0.2) is 0 Å². The molecule has 3 aromatic rings. The number of aryl methyl sites for hydroxylation is 1. The fraction of sp³-hybridized carbons (Fsp3) is 0.300. The van der Waals surface area contributed by atoms with Gasteiger partial charge in [0.1, 0.15) is 17.8 Å². The van der Waals surface area contributed by atoms with Crippen molar-refractivity contribution in [3.63, 3.8) is 0 Å². The van der Waals surface area contributed by atoms with E-state index in [1.165, 1.54) is 22.8 Å². The predicted molar refractivity (Wildman–Crippen MR) is 102 cm³/mol. The molecule has 6 nitrogen and oxygen atoms in total. The standard InChI is InChI=1S/C20H20F3N3O3/c1-12(2)24-18(27)11-26-17(10-25-9-13(3)7-16(25)19(26)28)14-5-4-6-15(8-14)29-20(21,22)23/h4-10,12H,11H2,1-3H3,(H,24,27). The number of alkyl halides is 3. The Hall–Kier alpha value is -3.23. The number of benzene rings is 1. The highest BCUT2D eigenvalue weighted by atomic mass is 19.4. The second kappa shape index (κ2) is 7.65. The maximum absolute atomic E-state index is 13.0. The average Bonchev–Trinajstić information content (AvgIpc) is 2.96. The SMILES string of the molecule is Cc1cc2c(=O)n(CC(=O)NC(C)C)c(-c3cccc(OC(F)(F)F)c3)cn2c1. The van der Waals surface area contributed by atoms with Gasteiger partial charge in [-0.2, -0.15) is 0 Å². The third kappa shape index (κ3) is 4.79. The summed E-state index contributed by atoms with van der Waals surface area (Å²) in [6.45, 7) is 5.13. The minimum absolute atomic E-state index is 0.121. The Labute approximate surface area is 164 Å². The van der Waals surface area contributed by atoms with Crippen LogP contribution in [0.25, 0.3) is 16.8 Å². The van der Waals surface area contributed by atoms with Gasteiger partial charge in [0.25, 0.3) is 5.56 Å². The number of halogens is 3. The van der Waals surface area contributed by atoms with Gasteiger partial charge >= 0.3 is 6.36 Å². The molecule has 29 heavy (non-hydrogen) atoms. The predicted octanol–water partition coefficient (Wildman–Crippen LogP) is 3.50. The number of amides is 1. The number of hydrogen-bond acceptors (Lipinski definition) is 3. The summed E-state index contributed by atoms with van der Waals surface area (Å²) >= 11 is 0. The smallest absolute Gasteiger partial charge is 0.406 e. The van der Waals surface area contributed by atoms with Crippen molar-refractivity contribution in [2.45, 2.75) is 39.7 Å². The Bertz CT molecular complexity index is 1110. The molecule has 1 amide bonds. The minimum Gasteiger partial charge on any atom is -0.406 e. The number of carbonyl (C=O) groups excluding carboxylic acids is 1. The lowest BCUT2D eigenvalue weighted by Crippen LogP contribution is -2.36. The zero-order chi connectivity index (χ0) is 21.3. The Kier molecular flexibility index (Phi) is 5.41. The molecule has 1 N–H and O–H groups in total. The molecule has 0 bridgehead atoms. The van der Waals surface area contributed by atoms with E-state index in [1.54, 1.807) is 42.8 Å². The first kappa shape index (κ1) is 20.5. The lowest BCUT2D eigenvalue weighted by molar-refractivity contribution is -0.274. The van der Waals surface area contributed by atoms with E-state index in [0.29, 0.717) is 16.8 Å². The number of carbonyl (C=O) groups is 1. The molecule has 0 fully saturated rings. The number of rotatable bonds is 5. The van der Waals surface area contributed by atoms with Crippen molar-refractivity contribution >= 4 is 11.4 Å². The summed E-state index contributed by atoms with van der Waals surface area (Å²) in [4.78, 5) is 25.3. The lowest BCUT2D eigenvalue weighted by atomic mass is 10.1. The lowest BCUT2D eigenvalue weighted by Gasteiger charge is -2.16. The number of aromatic nitrogens is 2. The highest BCUT2D eigenvalue weighted by Crippen LogP contribution is 2.28. The summed E-state index contributed by atoms with van der Waals surface area (Å²) in [7, 11) is 0. The third-order valence-electron chi connectivity index (χ3n) is 4.12. The summed E-state index contributed by atoms with van der Waals surface area (Å²) in [5.41, 5.74) is 1.40. The number of hydrogen-bond donors (Lipinski definition) is 1. The van der Waals surface area contributed by atoms with Gasteiger partial charge in [-0.3, -0.25) is 14.2 Å². The van der Waals surface area contributed by atoms with E-state index in [2.05, 4.69) is 10.1 Å². The van der Waals surface area contributed by atoms with Gasteiger partial charge in [0, 0.05) is 24.0 Å². The number of ether oxygens (including phenoxy) is 1. The maximum Gasteiger partial charge on any atom is 0.573 e. The highest BCUT2D eigenvalue weighted by molar-refractivity contribution is 5.77. The van der Waals surface area contributed by atoms with Gasteiger partial charge in [-0.1, -0.05) is 12.1 Å². The second-order valence-corrected chi connectivity index (χ2v) is 7.01. The van der Waals surface area contributed by atoms with Gasteiger partial charge in [-0.05, 0) is 44.5 Å². The van der Waals surface area contributed by atoms with Crippen molar-refractivity contribution in [1.29, 1.82) is 0 Å². The van der Waals surface area contributed by atoms with Crippen LogP contribution in [0.2, 0.25) is 0 Å². The van der Waals surface area contributed by atoms with E-state index in [9.17, 15) is 22.8 Å². The number of nitrogens with one attached hydrogen (secondary N) is 1. The molecule has 154 valence electrons. The molecular weight excluding hydrogens is 387 g/mol. The Morgan fingerprint density at radius 3 is 2.59 bits per heavy atom. The van der Waals surface area contributed by atoms with E-state index in [1.807, 2.05) is 6.92 Å². The first-order valence-electron chi connectivity index (χ1n) is 8.91. The van der Waals surface area contributed by atoms with E-state index in [-0.39, 0.29) is 18.5 Å². The largest absolute Gasteiger partial charge is 0.573 e. The highest BCUT2D eigenvalue weighted by Gasteiger charge is 2.31. The van der Waals surface area contributed by atoms with Gasteiger partial charge in [0.2, 0.25) is 5.91 Å². The molecular formula is C20H20F3N3O3. The molecule has 0 saturated heterocycles. The average molecular weight is 407 g/mol. The van der Waals surface area contributed by atoms with E-state index >= 15 is 0 Å². The van der Waals surface area contributed by atoms with Crippen molar-refractivity contribution in [3.8, 4) is 17.0 Å². The molecule has 0 saturated carbocycles. The summed E-state index contributed by atoms with van der Waals surface area (Å²) in [6.07, 6.45) is -1.50.